The topological polar surface area (TPSA) is 124 Å². The van der Waals surface area contributed by atoms with Crippen LogP contribution in [0.5, 0.6) is 0 Å². The highest BCUT2D eigenvalue weighted by molar-refractivity contribution is 6.57. The number of hydrogen-bond donors (Lipinski definition) is 0. The first-order valence-corrected chi connectivity index (χ1v) is 9.44. The number of ether oxygens (including phenoxy) is 2. The highest BCUT2D eigenvalue weighted by Crippen LogP contribution is 2.13. The van der Waals surface area contributed by atoms with Crippen molar-refractivity contribution in [1.29, 1.82) is 0 Å². The summed E-state index contributed by atoms with van der Waals surface area (Å²) in [7, 11) is -4.25. The molecule has 0 fully saturated rings. The van der Waals surface area contributed by atoms with Gasteiger partial charge in [0.15, 0.2) is 0 Å². The first-order valence-electron chi connectivity index (χ1n) is 7.81. The molecule has 0 unspecified atom stereocenters. The first-order chi connectivity index (χ1) is 12.5. The van der Waals surface area contributed by atoms with Gasteiger partial charge in [-0.3, -0.25) is 9.59 Å². The SMILES string of the molecule is C=C(C)C(=O)OCCO[Si](OCCOC(=O)C(=C)C)(OC(C)=O)OC(C)=O. The molecule has 0 aromatic heterocycles. The van der Waals surface area contributed by atoms with Crippen LogP contribution in [0, 0.1) is 0 Å². The largest absolute Gasteiger partial charge is 0.825 e. The number of esters is 2. The zero-order valence-electron chi connectivity index (χ0n) is 15.8. The van der Waals surface area contributed by atoms with Crippen molar-refractivity contribution in [2.45, 2.75) is 27.7 Å². The van der Waals surface area contributed by atoms with Crippen LogP contribution in [0.4, 0.5) is 0 Å². The summed E-state index contributed by atoms with van der Waals surface area (Å²) >= 11 is 0. The minimum atomic E-state index is -4.25. The van der Waals surface area contributed by atoms with Crippen LogP contribution >= 0.6 is 0 Å². The third-order valence-electron chi connectivity index (χ3n) is 2.43. The maximum atomic E-state index is 11.4. The van der Waals surface area contributed by atoms with Crippen LogP contribution in [0.15, 0.2) is 24.3 Å². The number of rotatable bonds is 12. The summed E-state index contributed by atoms with van der Waals surface area (Å²) in [6.07, 6.45) is 0. The smallest absolute Gasteiger partial charge is 0.460 e. The van der Waals surface area contributed by atoms with Crippen LogP contribution < -0.4 is 0 Å². The molecule has 0 N–H and O–H groups in total. The summed E-state index contributed by atoms with van der Waals surface area (Å²) in [4.78, 5) is 45.4. The van der Waals surface area contributed by atoms with Gasteiger partial charge in [0.05, 0.1) is 13.2 Å². The van der Waals surface area contributed by atoms with Gasteiger partial charge < -0.3 is 27.2 Å². The summed E-state index contributed by atoms with van der Waals surface area (Å²) in [6, 6.07) is 0. The van der Waals surface area contributed by atoms with Crippen molar-refractivity contribution in [3.63, 3.8) is 0 Å². The Balaban J connectivity index is 4.89. The van der Waals surface area contributed by atoms with Gasteiger partial charge in [0.25, 0.3) is 11.9 Å². The van der Waals surface area contributed by atoms with Crippen molar-refractivity contribution in [1.82, 2.24) is 0 Å². The lowest BCUT2D eigenvalue weighted by molar-refractivity contribution is -0.155. The Kier molecular flexibility index (Phi) is 10.9. The molecule has 11 heteroatoms. The van der Waals surface area contributed by atoms with E-state index in [1.165, 1.54) is 13.8 Å². The average molecular weight is 404 g/mol. The lowest BCUT2D eigenvalue weighted by Crippen LogP contribution is -2.52. The molecule has 0 saturated carbocycles. The average Bonchev–Trinajstić information content (AvgIpc) is 2.53. The van der Waals surface area contributed by atoms with Gasteiger partial charge in [-0.15, -0.1) is 0 Å². The fourth-order valence-electron chi connectivity index (χ4n) is 1.38. The van der Waals surface area contributed by atoms with Crippen molar-refractivity contribution >= 4 is 32.9 Å². The second-order valence-electron chi connectivity index (χ2n) is 5.22. The quantitative estimate of drug-likeness (QED) is 0.200. The lowest BCUT2D eigenvalue weighted by atomic mass is 10.4. The fourth-order valence-corrected chi connectivity index (χ4v) is 3.11. The van der Waals surface area contributed by atoms with Gasteiger partial charge in [-0.1, -0.05) is 13.2 Å². The summed E-state index contributed by atoms with van der Waals surface area (Å²) < 4.78 is 30.2. The Morgan fingerprint density at radius 1 is 0.667 bits per heavy atom. The molecule has 10 nitrogen and oxygen atoms in total. The minimum Gasteiger partial charge on any atom is -0.460 e. The molecule has 27 heavy (non-hydrogen) atoms. The Morgan fingerprint density at radius 3 is 1.26 bits per heavy atom. The molecular weight excluding hydrogens is 380 g/mol. The molecule has 0 bridgehead atoms. The van der Waals surface area contributed by atoms with Gasteiger partial charge in [-0.05, 0) is 13.8 Å². The van der Waals surface area contributed by atoms with Gasteiger partial charge in [-0.2, -0.15) is 0 Å². The second kappa shape index (κ2) is 12.0. The van der Waals surface area contributed by atoms with E-state index in [1.807, 2.05) is 0 Å². The van der Waals surface area contributed by atoms with Crippen LogP contribution in [0.25, 0.3) is 0 Å². The summed E-state index contributed by atoms with van der Waals surface area (Å²) in [5.74, 6) is -2.92. The van der Waals surface area contributed by atoms with Crippen molar-refractivity contribution in [2.75, 3.05) is 26.4 Å². The molecule has 152 valence electrons. The first kappa shape index (κ1) is 24.5. The Hall–Kier alpha value is -2.50. The Labute approximate surface area is 158 Å². The molecule has 0 atom stereocenters. The van der Waals surface area contributed by atoms with Gasteiger partial charge in [0, 0.05) is 25.0 Å². The zero-order chi connectivity index (χ0) is 21.0. The number of carbonyl (C=O) groups is 4. The normalized spacial score (nSPS) is 10.5. The van der Waals surface area contributed by atoms with E-state index in [-0.39, 0.29) is 37.6 Å². The van der Waals surface area contributed by atoms with Crippen LogP contribution in [0.2, 0.25) is 0 Å². The monoisotopic (exact) mass is 404 g/mol. The molecule has 0 aliphatic heterocycles. The zero-order valence-corrected chi connectivity index (χ0v) is 16.8. The predicted octanol–water partition coefficient (Wildman–Crippen LogP) is 0.820. The van der Waals surface area contributed by atoms with E-state index in [0.29, 0.717) is 0 Å². The van der Waals surface area contributed by atoms with Crippen molar-refractivity contribution in [2.24, 2.45) is 0 Å². The molecule has 0 radical (unpaired) electrons. The van der Waals surface area contributed by atoms with E-state index in [4.69, 9.17) is 27.2 Å². The van der Waals surface area contributed by atoms with Crippen molar-refractivity contribution in [3.8, 4) is 0 Å². The number of hydrogen-bond acceptors (Lipinski definition) is 10. The van der Waals surface area contributed by atoms with E-state index in [1.54, 1.807) is 0 Å². The van der Waals surface area contributed by atoms with Crippen molar-refractivity contribution in [3.05, 3.63) is 24.3 Å². The fraction of sp³-hybridized carbons (Fsp3) is 0.500. The van der Waals surface area contributed by atoms with Gasteiger partial charge in [-0.25, -0.2) is 9.59 Å². The maximum absolute atomic E-state index is 11.4. The van der Waals surface area contributed by atoms with Gasteiger partial charge >= 0.3 is 21.0 Å². The van der Waals surface area contributed by atoms with Crippen LogP contribution in [-0.4, -0.2) is 59.4 Å². The second-order valence-corrected chi connectivity index (χ2v) is 7.20. The van der Waals surface area contributed by atoms with Crippen LogP contribution in [0.3, 0.4) is 0 Å². The molecule has 0 spiro atoms. The highest BCUT2D eigenvalue weighted by Gasteiger charge is 2.53. The molecule has 0 rings (SSSR count). The predicted molar refractivity (Wildman–Crippen MR) is 92.7 cm³/mol. The molecule has 0 heterocycles. The molecule has 0 aliphatic rings. The maximum Gasteiger partial charge on any atom is 0.825 e. The molecule has 0 amide bonds. The van der Waals surface area contributed by atoms with E-state index >= 15 is 0 Å². The molecule has 0 aromatic rings. The Morgan fingerprint density at radius 2 is 1.00 bits per heavy atom. The van der Waals surface area contributed by atoms with E-state index in [0.717, 1.165) is 13.8 Å². The van der Waals surface area contributed by atoms with E-state index in [2.05, 4.69) is 13.2 Å². The van der Waals surface area contributed by atoms with Gasteiger partial charge in [0.2, 0.25) is 0 Å². The molecular formula is C16H24O10Si. The van der Waals surface area contributed by atoms with Gasteiger partial charge in [0.1, 0.15) is 13.2 Å². The van der Waals surface area contributed by atoms with Crippen molar-refractivity contribution < 1.29 is 46.4 Å². The summed E-state index contributed by atoms with van der Waals surface area (Å²) in [6.45, 7) is 10.9. The molecule has 0 aromatic carbocycles. The lowest BCUT2D eigenvalue weighted by Gasteiger charge is -2.25. The minimum absolute atomic E-state index is 0.189. The Bertz CT molecular complexity index is 546. The van der Waals surface area contributed by atoms with Crippen LogP contribution in [0.1, 0.15) is 27.7 Å². The third-order valence-corrected chi connectivity index (χ3v) is 4.62. The van der Waals surface area contributed by atoms with Crippen LogP contribution in [-0.2, 0) is 46.4 Å². The molecule has 0 aliphatic carbocycles. The number of carbonyl (C=O) groups excluding carboxylic acids is 4. The third kappa shape index (κ3) is 10.9. The highest BCUT2D eigenvalue weighted by atomic mass is 28.4. The summed E-state index contributed by atoms with van der Waals surface area (Å²) in [5.41, 5.74) is 0.378. The van der Waals surface area contributed by atoms with E-state index < -0.39 is 32.9 Å². The summed E-state index contributed by atoms with van der Waals surface area (Å²) in [5, 5.41) is 0. The van der Waals surface area contributed by atoms with E-state index in [9.17, 15) is 19.2 Å². The molecule has 0 saturated heterocycles. The standard InChI is InChI=1S/C16H24O10Si/c1-11(2)15(19)21-7-9-23-27(25-13(5)17,26-14(6)18)24-10-8-22-16(20)12(3)4/h1,3,7-10H2,2,4-6H3.